The maximum absolute atomic E-state index is 14.1. The van der Waals surface area contributed by atoms with Crippen LogP contribution in [0.3, 0.4) is 0 Å². The van der Waals surface area contributed by atoms with Gasteiger partial charge in [-0.15, -0.1) is 18.3 Å². The molecule has 0 aromatic heterocycles. The number of esters is 1. The maximum atomic E-state index is 14.1. The predicted octanol–water partition coefficient (Wildman–Crippen LogP) is 5.91. The standard InChI is InChI=1S/C37H39N3O7S/c1-5-6-13-26-22-48-34-29(38-32(42)28(23-18-20-27(41)21-19-23)39-36(45)47-37(2,3)4)33(43)40(34)30(26)35(44)46-31(24-14-9-7-10-15-24)25-16-11-8-12-17-25/h5,7-12,14-21,28-29,31,34,41H,1,6,13,22H2,2-4H3,(H,38,42)(H,39,45)/t28-,29?,34-/m1/s1. The SMILES string of the molecule is C=CCCC1=C(C(=O)OC(c2ccccc2)c2ccccc2)N2C(=O)C(NC(=O)[C@H](NC(=O)OC(C)(C)C)c3ccc(O)cc3)[C@H]2SC1. The Kier molecular flexibility index (Phi) is 10.6. The third kappa shape index (κ3) is 7.91. The zero-order chi connectivity index (χ0) is 34.4. The van der Waals surface area contributed by atoms with Gasteiger partial charge in [0, 0.05) is 5.75 Å². The molecule has 0 bridgehead atoms. The Morgan fingerprint density at radius 3 is 2.15 bits per heavy atom. The lowest BCUT2D eigenvalue weighted by Crippen LogP contribution is -2.71. The van der Waals surface area contributed by atoms with Crippen molar-refractivity contribution in [1.82, 2.24) is 15.5 Å². The molecule has 2 aliphatic rings. The topological polar surface area (TPSA) is 134 Å². The molecule has 250 valence electrons. The van der Waals surface area contributed by atoms with Crippen LogP contribution in [0.25, 0.3) is 0 Å². The Morgan fingerprint density at radius 1 is 0.979 bits per heavy atom. The molecule has 10 nitrogen and oxygen atoms in total. The molecule has 1 saturated heterocycles. The highest BCUT2D eigenvalue weighted by Crippen LogP contribution is 2.43. The van der Waals surface area contributed by atoms with Crippen LogP contribution in [0.5, 0.6) is 5.75 Å². The fourth-order valence-corrected chi connectivity index (χ4v) is 6.90. The van der Waals surface area contributed by atoms with Crippen LogP contribution in [0.15, 0.2) is 109 Å². The minimum Gasteiger partial charge on any atom is -0.508 e. The molecular formula is C37H39N3O7S. The number of amides is 3. The summed E-state index contributed by atoms with van der Waals surface area (Å²) in [6.07, 6.45) is 1.34. The largest absolute Gasteiger partial charge is 0.508 e. The van der Waals surface area contributed by atoms with Crippen LogP contribution in [-0.4, -0.2) is 56.7 Å². The van der Waals surface area contributed by atoms with Crippen LogP contribution in [-0.2, 0) is 23.9 Å². The van der Waals surface area contributed by atoms with E-state index in [0.29, 0.717) is 24.2 Å². The highest BCUT2D eigenvalue weighted by atomic mass is 32.2. The van der Waals surface area contributed by atoms with Crippen LogP contribution in [0.1, 0.15) is 62.4 Å². The summed E-state index contributed by atoms with van der Waals surface area (Å²) in [5.74, 6) is -1.33. The van der Waals surface area contributed by atoms with Crippen LogP contribution >= 0.6 is 11.8 Å². The molecule has 3 N–H and O–H groups in total. The smallest absolute Gasteiger partial charge is 0.408 e. The fraction of sp³-hybridized carbons (Fsp3) is 0.297. The number of rotatable bonds is 11. The molecule has 3 amide bonds. The maximum Gasteiger partial charge on any atom is 0.408 e. The van der Waals surface area contributed by atoms with Gasteiger partial charge in [-0.05, 0) is 68.0 Å². The number of ether oxygens (including phenoxy) is 2. The van der Waals surface area contributed by atoms with Gasteiger partial charge in [0.15, 0.2) is 6.10 Å². The van der Waals surface area contributed by atoms with E-state index in [1.807, 2.05) is 60.7 Å². The van der Waals surface area contributed by atoms with E-state index in [1.54, 1.807) is 26.8 Å². The molecule has 0 aliphatic carbocycles. The summed E-state index contributed by atoms with van der Waals surface area (Å²) in [5.41, 5.74) is 2.06. The molecule has 0 spiro atoms. The van der Waals surface area contributed by atoms with Gasteiger partial charge in [0.2, 0.25) is 5.91 Å². The summed E-state index contributed by atoms with van der Waals surface area (Å²) >= 11 is 1.43. The van der Waals surface area contributed by atoms with Crippen molar-refractivity contribution in [2.45, 2.75) is 62.8 Å². The highest BCUT2D eigenvalue weighted by Gasteiger charge is 2.55. The van der Waals surface area contributed by atoms with Crippen molar-refractivity contribution in [1.29, 1.82) is 0 Å². The molecule has 1 unspecified atom stereocenters. The van der Waals surface area contributed by atoms with Crippen molar-refractivity contribution in [2.75, 3.05) is 5.75 Å². The van der Waals surface area contributed by atoms with Crippen molar-refractivity contribution in [3.05, 3.63) is 126 Å². The second-order valence-corrected chi connectivity index (χ2v) is 13.6. The van der Waals surface area contributed by atoms with Gasteiger partial charge in [0.1, 0.15) is 34.5 Å². The van der Waals surface area contributed by atoms with Gasteiger partial charge < -0.3 is 25.2 Å². The Labute approximate surface area is 284 Å². The molecular weight excluding hydrogens is 630 g/mol. The summed E-state index contributed by atoms with van der Waals surface area (Å²) in [6, 6.07) is 22.4. The molecule has 2 aliphatic heterocycles. The predicted molar refractivity (Wildman–Crippen MR) is 183 cm³/mol. The van der Waals surface area contributed by atoms with E-state index in [0.717, 1.165) is 16.7 Å². The number of hydrogen-bond donors (Lipinski definition) is 3. The van der Waals surface area contributed by atoms with Crippen LogP contribution in [0.4, 0.5) is 4.79 Å². The molecule has 11 heteroatoms. The van der Waals surface area contributed by atoms with Crippen LogP contribution < -0.4 is 10.6 Å². The van der Waals surface area contributed by atoms with E-state index in [1.165, 1.54) is 40.9 Å². The average molecular weight is 670 g/mol. The lowest BCUT2D eigenvalue weighted by molar-refractivity contribution is -0.154. The number of β-lactam (4-membered cyclic amide) rings is 1. The highest BCUT2D eigenvalue weighted by molar-refractivity contribution is 8.00. The number of hydrogen-bond acceptors (Lipinski definition) is 8. The molecule has 3 atom stereocenters. The van der Waals surface area contributed by atoms with Crippen molar-refractivity contribution in [3.63, 3.8) is 0 Å². The second-order valence-electron chi connectivity index (χ2n) is 12.5. The number of carbonyl (C=O) groups is 4. The summed E-state index contributed by atoms with van der Waals surface area (Å²) < 4.78 is 11.6. The number of aromatic hydroxyl groups is 1. The summed E-state index contributed by atoms with van der Waals surface area (Å²) in [4.78, 5) is 55.7. The van der Waals surface area contributed by atoms with Crippen LogP contribution in [0.2, 0.25) is 0 Å². The van der Waals surface area contributed by atoms with Crippen molar-refractivity contribution in [3.8, 4) is 5.75 Å². The third-order valence-corrected chi connectivity index (χ3v) is 9.11. The number of benzene rings is 3. The van der Waals surface area contributed by atoms with Crippen LogP contribution in [0, 0.1) is 0 Å². The first-order valence-corrected chi connectivity index (χ1v) is 16.7. The lowest BCUT2D eigenvalue weighted by Gasteiger charge is -2.50. The van der Waals surface area contributed by atoms with Gasteiger partial charge in [0.05, 0.1) is 0 Å². The summed E-state index contributed by atoms with van der Waals surface area (Å²) in [7, 11) is 0. The number of phenols is 1. The lowest BCUT2D eigenvalue weighted by atomic mass is 9.98. The monoisotopic (exact) mass is 669 g/mol. The van der Waals surface area contributed by atoms with Gasteiger partial charge in [-0.25, -0.2) is 9.59 Å². The average Bonchev–Trinajstić information content (AvgIpc) is 3.07. The Bertz CT molecular complexity index is 1650. The number of thioether (sulfide) groups is 1. The van der Waals surface area contributed by atoms with E-state index in [2.05, 4.69) is 17.2 Å². The molecule has 48 heavy (non-hydrogen) atoms. The summed E-state index contributed by atoms with van der Waals surface area (Å²) in [6.45, 7) is 8.91. The van der Waals surface area contributed by atoms with Gasteiger partial charge in [-0.1, -0.05) is 78.9 Å². The number of nitrogens with one attached hydrogen (secondary N) is 2. The Hall–Kier alpha value is -5.03. The van der Waals surface area contributed by atoms with Crippen molar-refractivity contribution >= 4 is 35.6 Å². The third-order valence-electron chi connectivity index (χ3n) is 7.77. The molecule has 1 fully saturated rings. The first-order valence-electron chi connectivity index (χ1n) is 15.6. The van der Waals surface area contributed by atoms with E-state index >= 15 is 0 Å². The van der Waals surface area contributed by atoms with E-state index in [4.69, 9.17) is 9.47 Å². The Balaban J connectivity index is 1.39. The molecule has 3 aromatic rings. The molecule has 2 heterocycles. The zero-order valence-electron chi connectivity index (χ0n) is 27.1. The van der Waals surface area contributed by atoms with Crippen molar-refractivity contribution < 1.29 is 33.8 Å². The van der Waals surface area contributed by atoms with Gasteiger partial charge in [-0.3, -0.25) is 14.5 Å². The second kappa shape index (κ2) is 14.8. The minimum absolute atomic E-state index is 0.0150. The minimum atomic E-state index is -1.23. The number of phenolic OH excluding ortho intramolecular Hbond substituents is 1. The number of nitrogens with zero attached hydrogens (tertiary/aromatic N) is 1. The molecule has 5 rings (SSSR count). The number of allylic oxidation sites excluding steroid dienone is 1. The molecule has 3 aromatic carbocycles. The van der Waals surface area contributed by atoms with Gasteiger partial charge in [0.25, 0.3) is 5.91 Å². The number of alkyl carbamates (subject to hydrolysis) is 1. The van der Waals surface area contributed by atoms with Crippen molar-refractivity contribution in [2.24, 2.45) is 0 Å². The number of carbonyl (C=O) groups excluding carboxylic acids is 4. The molecule has 0 saturated carbocycles. The normalized spacial score (nSPS) is 17.9. The summed E-state index contributed by atoms with van der Waals surface area (Å²) in [5, 5.41) is 14.6. The fourth-order valence-electron chi connectivity index (χ4n) is 5.52. The zero-order valence-corrected chi connectivity index (χ0v) is 27.9. The van der Waals surface area contributed by atoms with E-state index in [-0.39, 0.29) is 11.4 Å². The van der Waals surface area contributed by atoms with E-state index in [9.17, 15) is 24.3 Å². The van der Waals surface area contributed by atoms with E-state index < -0.39 is 53.0 Å². The van der Waals surface area contributed by atoms with Gasteiger partial charge in [-0.2, -0.15) is 0 Å². The number of fused-ring (bicyclic) bond motifs is 1. The molecule has 0 radical (unpaired) electrons. The Morgan fingerprint density at radius 2 is 1.58 bits per heavy atom. The van der Waals surface area contributed by atoms with Gasteiger partial charge >= 0.3 is 12.1 Å². The first-order chi connectivity index (χ1) is 23.0. The first kappa shape index (κ1) is 34.3. The quantitative estimate of drug-likeness (QED) is 0.130.